The summed E-state index contributed by atoms with van der Waals surface area (Å²) in [4.78, 5) is 23.4. The zero-order valence-corrected chi connectivity index (χ0v) is 16.3. The summed E-state index contributed by atoms with van der Waals surface area (Å²) in [5, 5.41) is 13.1. The molecule has 0 saturated carbocycles. The van der Waals surface area contributed by atoms with Gasteiger partial charge in [-0.3, -0.25) is 4.79 Å². The molecule has 138 valence electrons. The molecule has 1 amide bonds. The predicted octanol–water partition coefficient (Wildman–Crippen LogP) is 4.39. The molecule has 8 heteroatoms. The first kappa shape index (κ1) is 20.1. The first-order chi connectivity index (χ1) is 12.4. The van der Waals surface area contributed by atoms with Crippen molar-refractivity contribution in [2.24, 2.45) is 0 Å². The summed E-state index contributed by atoms with van der Waals surface area (Å²) < 4.78 is 10.9. The molecule has 6 nitrogen and oxygen atoms in total. The third kappa shape index (κ3) is 5.64. The lowest BCUT2D eigenvalue weighted by Crippen LogP contribution is -2.13. The minimum absolute atomic E-state index is 0.199. The second kappa shape index (κ2) is 9.45. The number of benzene rings is 2. The number of halogens is 2. The van der Waals surface area contributed by atoms with E-state index in [2.05, 4.69) is 26.0 Å². The van der Waals surface area contributed by atoms with Gasteiger partial charge >= 0.3 is 5.97 Å². The van der Waals surface area contributed by atoms with Gasteiger partial charge in [0.2, 0.25) is 5.91 Å². The number of esters is 1. The molecule has 2 aromatic rings. The van der Waals surface area contributed by atoms with Crippen molar-refractivity contribution >= 4 is 45.1 Å². The fourth-order valence-electron chi connectivity index (χ4n) is 2.10. The number of methoxy groups -OCH3 is 1. The SMILES string of the molecule is COC(=O)c1ccc(NC(=O)CCCOc2ccc(Cl)cc2Br)c(O)c1. The largest absolute Gasteiger partial charge is 0.506 e. The third-order valence-corrected chi connectivity index (χ3v) is 4.25. The zero-order valence-electron chi connectivity index (χ0n) is 13.9. The van der Waals surface area contributed by atoms with Crippen LogP contribution in [0.15, 0.2) is 40.9 Å². The number of carbonyl (C=O) groups is 2. The summed E-state index contributed by atoms with van der Waals surface area (Å²) in [7, 11) is 1.25. The Morgan fingerprint density at radius 2 is 2.00 bits per heavy atom. The highest BCUT2D eigenvalue weighted by atomic mass is 79.9. The van der Waals surface area contributed by atoms with E-state index in [-0.39, 0.29) is 29.3 Å². The van der Waals surface area contributed by atoms with E-state index in [1.54, 1.807) is 18.2 Å². The van der Waals surface area contributed by atoms with Crippen molar-refractivity contribution in [3.8, 4) is 11.5 Å². The van der Waals surface area contributed by atoms with Crippen LogP contribution < -0.4 is 10.1 Å². The van der Waals surface area contributed by atoms with Crippen molar-refractivity contribution in [1.29, 1.82) is 0 Å². The Morgan fingerprint density at radius 1 is 1.23 bits per heavy atom. The molecule has 0 bridgehead atoms. The first-order valence-corrected chi connectivity index (χ1v) is 8.87. The lowest BCUT2D eigenvalue weighted by molar-refractivity contribution is -0.116. The first-order valence-electron chi connectivity index (χ1n) is 7.69. The molecule has 0 saturated heterocycles. The standard InChI is InChI=1S/C18H17BrClNO5/c1-25-18(24)11-4-6-14(15(22)9-11)21-17(23)3-2-8-26-16-7-5-12(20)10-13(16)19/h4-7,9-10,22H,2-3,8H2,1H3,(H,21,23). The average molecular weight is 443 g/mol. The highest BCUT2D eigenvalue weighted by molar-refractivity contribution is 9.10. The van der Waals surface area contributed by atoms with E-state index in [9.17, 15) is 14.7 Å². The highest BCUT2D eigenvalue weighted by Crippen LogP contribution is 2.28. The smallest absolute Gasteiger partial charge is 0.337 e. The van der Waals surface area contributed by atoms with Gasteiger partial charge in [0.15, 0.2) is 0 Å². The molecule has 0 aliphatic carbocycles. The summed E-state index contributed by atoms with van der Waals surface area (Å²) in [6.45, 7) is 0.348. The molecule has 0 atom stereocenters. The summed E-state index contributed by atoms with van der Waals surface area (Å²) in [6.07, 6.45) is 0.700. The van der Waals surface area contributed by atoms with E-state index in [0.717, 1.165) is 4.47 Å². The molecule has 0 spiro atoms. The lowest BCUT2D eigenvalue weighted by Gasteiger charge is -2.10. The van der Waals surface area contributed by atoms with Crippen LogP contribution in [0.4, 0.5) is 5.69 Å². The van der Waals surface area contributed by atoms with Crippen LogP contribution in [-0.2, 0) is 9.53 Å². The second-order valence-electron chi connectivity index (χ2n) is 5.30. The average Bonchev–Trinajstić information content (AvgIpc) is 2.61. The van der Waals surface area contributed by atoms with Gasteiger partial charge in [0.25, 0.3) is 0 Å². The van der Waals surface area contributed by atoms with Gasteiger partial charge in [-0.05, 0) is 58.7 Å². The van der Waals surface area contributed by atoms with Crippen molar-refractivity contribution in [3.05, 3.63) is 51.5 Å². The number of anilines is 1. The molecule has 26 heavy (non-hydrogen) atoms. The Bertz CT molecular complexity index is 812. The summed E-state index contributed by atoms with van der Waals surface area (Å²) >= 11 is 9.21. The molecule has 0 aliphatic heterocycles. The van der Waals surface area contributed by atoms with Crippen molar-refractivity contribution < 1.29 is 24.2 Å². The van der Waals surface area contributed by atoms with E-state index >= 15 is 0 Å². The van der Waals surface area contributed by atoms with Gasteiger partial charge < -0.3 is 19.9 Å². The van der Waals surface area contributed by atoms with Crippen LogP contribution in [-0.4, -0.2) is 30.7 Å². The number of phenolic OH excluding ortho intramolecular Hbond substituents is 1. The van der Waals surface area contributed by atoms with Crippen molar-refractivity contribution in [3.63, 3.8) is 0 Å². The van der Waals surface area contributed by atoms with Crippen LogP contribution in [0.2, 0.25) is 5.02 Å². The Labute approximate surface area is 164 Å². The molecule has 0 unspecified atom stereocenters. The van der Waals surface area contributed by atoms with Gasteiger partial charge in [0, 0.05) is 11.4 Å². The lowest BCUT2D eigenvalue weighted by atomic mass is 10.2. The van der Waals surface area contributed by atoms with Crippen molar-refractivity contribution in [2.45, 2.75) is 12.8 Å². The van der Waals surface area contributed by atoms with E-state index in [1.807, 2.05) is 0 Å². The van der Waals surface area contributed by atoms with Crippen molar-refractivity contribution in [1.82, 2.24) is 0 Å². The normalized spacial score (nSPS) is 10.3. The van der Waals surface area contributed by atoms with Crippen LogP contribution in [0.25, 0.3) is 0 Å². The Balaban J connectivity index is 1.81. The molecular weight excluding hydrogens is 426 g/mol. The van der Waals surface area contributed by atoms with Crippen LogP contribution >= 0.6 is 27.5 Å². The minimum atomic E-state index is -0.566. The van der Waals surface area contributed by atoms with E-state index in [4.69, 9.17) is 16.3 Å². The maximum Gasteiger partial charge on any atom is 0.337 e. The number of aromatic hydroxyl groups is 1. The Morgan fingerprint density at radius 3 is 2.65 bits per heavy atom. The van der Waals surface area contributed by atoms with Gasteiger partial charge in [-0.25, -0.2) is 4.79 Å². The van der Waals surface area contributed by atoms with Gasteiger partial charge in [0.1, 0.15) is 11.5 Å². The van der Waals surface area contributed by atoms with Gasteiger partial charge in [-0.2, -0.15) is 0 Å². The number of amides is 1. The fourth-order valence-corrected chi connectivity index (χ4v) is 2.90. The molecule has 0 heterocycles. The summed E-state index contributed by atoms with van der Waals surface area (Å²) in [5.74, 6) is -0.401. The van der Waals surface area contributed by atoms with Gasteiger partial charge in [-0.1, -0.05) is 11.6 Å². The molecular formula is C18H17BrClNO5. The van der Waals surface area contributed by atoms with Crippen LogP contribution in [0.3, 0.4) is 0 Å². The number of carbonyl (C=O) groups excluding carboxylic acids is 2. The Kier molecular flexibility index (Phi) is 7.29. The maximum atomic E-state index is 12.0. The molecule has 0 aromatic heterocycles. The van der Waals surface area contributed by atoms with E-state index in [0.29, 0.717) is 23.8 Å². The maximum absolute atomic E-state index is 12.0. The number of phenols is 1. The summed E-state index contributed by atoms with van der Waals surface area (Å²) in [6, 6.07) is 9.33. The number of nitrogens with one attached hydrogen (secondary N) is 1. The van der Waals surface area contributed by atoms with E-state index < -0.39 is 5.97 Å². The van der Waals surface area contributed by atoms with Crippen molar-refractivity contribution in [2.75, 3.05) is 19.0 Å². The van der Waals surface area contributed by atoms with Crippen LogP contribution in [0, 0.1) is 0 Å². The monoisotopic (exact) mass is 441 g/mol. The zero-order chi connectivity index (χ0) is 19.1. The molecule has 0 fully saturated rings. The number of hydrogen-bond donors (Lipinski definition) is 2. The molecule has 2 N–H and O–H groups in total. The highest BCUT2D eigenvalue weighted by Gasteiger charge is 2.11. The van der Waals surface area contributed by atoms with Gasteiger partial charge in [-0.15, -0.1) is 0 Å². The summed E-state index contributed by atoms with van der Waals surface area (Å²) in [5.41, 5.74) is 0.425. The number of hydrogen-bond acceptors (Lipinski definition) is 5. The quantitative estimate of drug-likeness (QED) is 0.377. The predicted molar refractivity (Wildman–Crippen MR) is 102 cm³/mol. The third-order valence-electron chi connectivity index (χ3n) is 3.39. The van der Waals surface area contributed by atoms with Gasteiger partial charge in [0.05, 0.1) is 29.4 Å². The number of rotatable bonds is 7. The molecule has 2 aromatic carbocycles. The van der Waals surface area contributed by atoms with Crippen LogP contribution in [0.1, 0.15) is 23.2 Å². The number of ether oxygens (including phenoxy) is 2. The molecule has 2 rings (SSSR count). The fraction of sp³-hybridized carbons (Fsp3) is 0.222. The molecule has 0 radical (unpaired) electrons. The minimum Gasteiger partial charge on any atom is -0.506 e. The van der Waals surface area contributed by atoms with E-state index in [1.165, 1.54) is 25.3 Å². The van der Waals surface area contributed by atoms with Crippen LogP contribution in [0.5, 0.6) is 11.5 Å². The topological polar surface area (TPSA) is 84.9 Å². The molecule has 0 aliphatic rings. The second-order valence-corrected chi connectivity index (χ2v) is 6.59. The Hall–Kier alpha value is -2.25.